The predicted molar refractivity (Wildman–Crippen MR) is 182 cm³/mol. The van der Waals surface area contributed by atoms with E-state index in [-0.39, 0.29) is 17.0 Å². The van der Waals surface area contributed by atoms with Crippen LogP contribution in [0.5, 0.6) is 11.5 Å². The van der Waals surface area contributed by atoms with E-state index in [4.69, 9.17) is 9.47 Å². The Morgan fingerprint density at radius 1 is 0.581 bits per heavy atom. The number of carbonyl (C=O) groups excluding carboxylic acids is 1. The molecule has 0 aromatic heterocycles. The Labute approximate surface area is 264 Å². The first-order valence-corrected chi connectivity index (χ1v) is 17.7. The summed E-state index contributed by atoms with van der Waals surface area (Å²) in [6.07, 6.45) is 21.9. The van der Waals surface area contributed by atoms with Crippen molar-refractivity contribution < 1.29 is 14.3 Å². The zero-order chi connectivity index (χ0) is 31.2. The number of benzene rings is 2. The molecule has 3 aliphatic heterocycles. The Kier molecular flexibility index (Phi) is 14.1. The maximum Gasteiger partial charge on any atom is 0.317 e. The molecule has 2 unspecified atom stereocenters. The molecule has 0 N–H and O–H groups in total. The molecule has 3 aliphatic rings. The van der Waals surface area contributed by atoms with Gasteiger partial charge in [0.1, 0.15) is 17.1 Å². The van der Waals surface area contributed by atoms with Crippen molar-refractivity contribution in [1.29, 1.82) is 0 Å². The van der Waals surface area contributed by atoms with Crippen molar-refractivity contribution in [3.05, 3.63) is 59.7 Å². The first-order chi connectivity index (χ1) is 20.6. The van der Waals surface area contributed by atoms with Gasteiger partial charge in [-0.2, -0.15) is 0 Å². The highest BCUT2D eigenvalue weighted by Gasteiger charge is 2.34. The number of hydrogen-bond acceptors (Lipinski definition) is 3. The summed E-state index contributed by atoms with van der Waals surface area (Å²) in [7, 11) is 0. The van der Waals surface area contributed by atoms with Crippen LogP contribution < -0.4 is 9.47 Å². The van der Waals surface area contributed by atoms with Crippen LogP contribution in [-0.2, 0) is 10.2 Å². The first-order valence-electron chi connectivity index (χ1n) is 17.7. The molecule has 2 aromatic rings. The number of fused-ring (bicyclic) bond motifs is 2. The maximum absolute atomic E-state index is 13.4. The predicted octanol–water partition coefficient (Wildman–Crippen LogP) is 12.1. The summed E-state index contributed by atoms with van der Waals surface area (Å²) in [5.41, 5.74) is 1.69. The molecule has 3 heteroatoms. The summed E-state index contributed by atoms with van der Waals surface area (Å²) in [6.45, 7) is 13.3. The highest BCUT2D eigenvalue weighted by molar-refractivity contribution is 5.78. The lowest BCUT2D eigenvalue weighted by atomic mass is 9.78. The van der Waals surface area contributed by atoms with E-state index in [1.54, 1.807) is 0 Å². The zero-order valence-corrected chi connectivity index (χ0v) is 28.6. The minimum absolute atomic E-state index is 0.0833. The third kappa shape index (κ3) is 11.0. The summed E-state index contributed by atoms with van der Waals surface area (Å²) in [6, 6.07) is 16.8. The second kappa shape index (κ2) is 17.3. The molecule has 2 aromatic carbocycles. The minimum Gasteiger partial charge on any atom is -0.488 e. The Balaban J connectivity index is 1.73. The standard InChI is InChI=1S/C40H62O3/c1-7-30-39(5)31-20-18-16-14-12-10-9-11-13-15-17-19-21-32-40(6,8-2)43-36-28-24-34(25-29-36)38(3,4)33-22-26-35(27-23-33)42-37(39)41/h22-29H,7-21,30-32H2,1-6H3. The van der Waals surface area contributed by atoms with Crippen molar-refractivity contribution in [2.45, 2.75) is 168 Å². The third-order valence-corrected chi connectivity index (χ3v) is 10.2. The fraction of sp³-hybridized carbons (Fsp3) is 0.675. The van der Waals surface area contributed by atoms with Gasteiger partial charge in [-0.15, -0.1) is 0 Å². The first kappa shape index (κ1) is 35.2. The van der Waals surface area contributed by atoms with Crippen LogP contribution in [0, 0.1) is 5.41 Å². The normalized spacial score (nSPS) is 25.6. The molecule has 0 aliphatic carbocycles. The molecule has 240 valence electrons. The molecular weight excluding hydrogens is 528 g/mol. The second-order valence-corrected chi connectivity index (χ2v) is 14.4. The Morgan fingerprint density at radius 2 is 1.00 bits per heavy atom. The summed E-state index contributed by atoms with van der Waals surface area (Å²) in [4.78, 5) is 13.4. The molecule has 0 fully saturated rings. The Hall–Kier alpha value is -2.29. The highest BCUT2D eigenvalue weighted by Crippen LogP contribution is 2.36. The largest absolute Gasteiger partial charge is 0.488 e. The van der Waals surface area contributed by atoms with Crippen LogP contribution in [0.2, 0.25) is 0 Å². The van der Waals surface area contributed by atoms with Gasteiger partial charge in [-0.3, -0.25) is 4.79 Å². The summed E-state index contributed by atoms with van der Waals surface area (Å²) in [5, 5.41) is 0. The van der Waals surface area contributed by atoms with Gasteiger partial charge < -0.3 is 9.47 Å². The quantitative estimate of drug-likeness (QED) is 0.263. The molecule has 0 amide bonds. The van der Waals surface area contributed by atoms with Crippen LogP contribution in [0.1, 0.15) is 168 Å². The third-order valence-electron chi connectivity index (χ3n) is 10.2. The minimum atomic E-state index is -0.425. The van der Waals surface area contributed by atoms with Crippen molar-refractivity contribution >= 4 is 5.97 Å². The van der Waals surface area contributed by atoms with Gasteiger partial charge in [0.2, 0.25) is 0 Å². The van der Waals surface area contributed by atoms with E-state index in [0.717, 1.165) is 44.3 Å². The fourth-order valence-corrected chi connectivity index (χ4v) is 6.70. The lowest BCUT2D eigenvalue weighted by Crippen LogP contribution is -2.32. The van der Waals surface area contributed by atoms with Crippen molar-refractivity contribution in [2.75, 3.05) is 0 Å². The molecular formula is C40H62O3. The highest BCUT2D eigenvalue weighted by atomic mass is 16.5. The van der Waals surface area contributed by atoms with E-state index in [0.29, 0.717) is 5.75 Å². The fourth-order valence-electron chi connectivity index (χ4n) is 6.70. The van der Waals surface area contributed by atoms with Gasteiger partial charge in [0, 0.05) is 5.41 Å². The lowest BCUT2D eigenvalue weighted by Gasteiger charge is -2.31. The average Bonchev–Trinajstić information content (AvgIpc) is 2.99. The lowest BCUT2D eigenvalue weighted by molar-refractivity contribution is -0.146. The SMILES string of the molecule is CCCC1(C)CCCCCCCCCCCCCCCC(C)(CC)Oc2ccc(cc2)C(C)(C)c2ccc(cc2)OC1=O. The summed E-state index contributed by atoms with van der Waals surface area (Å²) in [5.74, 6) is 1.50. The van der Waals surface area contributed by atoms with Crippen LogP contribution in [0.4, 0.5) is 0 Å². The number of esters is 1. The van der Waals surface area contributed by atoms with Gasteiger partial charge in [-0.25, -0.2) is 0 Å². The summed E-state index contributed by atoms with van der Waals surface area (Å²) >= 11 is 0. The van der Waals surface area contributed by atoms with E-state index < -0.39 is 5.41 Å². The van der Waals surface area contributed by atoms with Crippen molar-refractivity contribution in [1.82, 2.24) is 0 Å². The monoisotopic (exact) mass is 590 g/mol. The van der Waals surface area contributed by atoms with Gasteiger partial charge in [0.15, 0.2) is 0 Å². The number of carbonyl (C=O) groups is 1. The molecule has 0 spiro atoms. The van der Waals surface area contributed by atoms with Gasteiger partial charge in [-0.05, 0) is 81.3 Å². The smallest absolute Gasteiger partial charge is 0.317 e. The number of hydrogen-bond donors (Lipinski definition) is 0. The molecule has 2 atom stereocenters. The molecule has 0 saturated heterocycles. The number of rotatable bonds is 3. The van der Waals surface area contributed by atoms with Gasteiger partial charge >= 0.3 is 5.97 Å². The Bertz CT molecular complexity index is 1070. The summed E-state index contributed by atoms with van der Waals surface area (Å²) < 4.78 is 12.6. The topological polar surface area (TPSA) is 35.5 Å². The molecule has 0 radical (unpaired) electrons. The molecule has 3 nitrogen and oxygen atoms in total. The van der Waals surface area contributed by atoms with E-state index in [2.05, 4.69) is 77.9 Å². The average molecular weight is 591 g/mol. The molecule has 3 heterocycles. The van der Waals surface area contributed by atoms with Gasteiger partial charge in [-0.1, -0.05) is 135 Å². The van der Waals surface area contributed by atoms with E-state index in [1.165, 1.54) is 88.2 Å². The van der Waals surface area contributed by atoms with Crippen molar-refractivity contribution in [3.63, 3.8) is 0 Å². The van der Waals surface area contributed by atoms with Crippen LogP contribution in [0.3, 0.4) is 0 Å². The number of ether oxygens (including phenoxy) is 2. The van der Waals surface area contributed by atoms with Crippen LogP contribution >= 0.6 is 0 Å². The van der Waals surface area contributed by atoms with E-state index >= 15 is 0 Å². The molecule has 5 rings (SSSR count). The van der Waals surface area contributed by atoms with E-state index in [9.17, 15) is 4.79 Å². The molecule has 43 heavy (non-hydrogen) atoms. The van der Waals surface area contributed by atoms with Crippen molar-refractivity contribution in [2.24, 2.45) is 5.41 Å². The van der Waals surface area contributed by atoms with Crippen LogP contribution in [-0.4, -0.2) is 11.6 Å². The van der Waals surface area contributed by atoms with Gasteiger partial charge in [0.25, 0.3) is 0 Å². The molecule has 0 saturated carbocycles. The molecule has 4 bridgehead atoms. The van der Waals surface area contributed by atoms with E-state index in [1.807, 2.05) is 12.1 Å². The van der Waals surface area contributed by atoms with Crippen LogP contribution in [0.15, 0.2) is 48.5 Å². The maximum atomic E-state index is 13.4. The van der Waals surface area contributed by atoms with Crippen molar-refractivity contribution in [3.8, 4) is 11.5 Å². The Morgan fingerprint density at radius 3 is 1.44 bits per heavy atom. The zero-order valence-electron chi connectivity index (χ0n) is 28.6. The second-order valence-electron chi connectivity index (χ2n) is 14.4. The van der Waals surface area contributed by atoms with Crippen LogP contribution in [0.25, 0.3) is 0 Å². The van der Waals surface area contributed by atoms with Gasteiger partial charge in [0.05, 0.1) is 5.41 Å².